The Morgan fingerprint density at radius 2 is 1.66 bits per heavy atom. The molecule has 0 amide bonds. The lowest BCUT2D eigenvalue weighted by Crippen LogP contribution is -2.40. The van der Waals surface area contributed by atoms with E-state index in [2.05, 4.69) is 10.1 Å². The first-order valence-corrected chi connectivity index (χ1v) is 10.7. The smallest absolute Gasteiger partial charge is 0.281 e. The summed E-state index contributed by atoms with van der Waals surface area (Å²) >= 11 is 0. The topological polar surface area (TPSA) is 68.1 Å². The number of alkyl halides is 2. The maximum absolute atomic E-state index is 13.8. The molecule has 1 fully saturated rings. The molecule has 1 aliphatic rings. The van der Waals surface area contributed by atoms with E-state index in [-0.39, 0.29) is 28.6 Å². The van der Waals surface area contributed by atoms with Crippen molar-refractivity contribution in [1.29, 1.82) is 0 Å². The van der Waals surface area contributed by atoms with Gasteiger partial charge in [-0.25, -0.2) is 31.3 Å². The fraction of sp³-hybridized carbons (Fsp3) is 0.263. The van der Waals surface area contributed by atoms with Gasteiger partial charge in [-0.3, -0.25) is 0 Å². The molecular weight excluding hydrogens is 405 g/mol. The zero-order valence-corrected chi connectivity index (χ0v) is 16.0. The summed E-state index contributed by atoms with van der Waals surface area (Å²) in [5.41, 5.74) is 1.29. The molecule has 0 atom stereocenters. The van der Waals surface area contributed by atoms with Crippen molar-refractivity contribution in [2.45, 2.75) is 6.43 Å². The Balaban J connectivity index is 1.64. The number of hydrogen-bond donors (Lipinski definition) is 0. The third-order valence-electron chi connectivity index (χ3n) is 4.83. The minimum atomic E-state index is -2.98. The van der Waals surface area contributed by atoms with E-state index in [1.54, 1.807) is 24.3 Å². The Morgan fingerprint density at radius 1 is 0.966 bits per heavy atom. The normalized spacial score (nSPS) is 16.3. The van der Waals surface area contributed by atoms with Crippen LogP contribution in [0.3, 0.4) is 0 Å². The van der Waals surface area contributed by atoms with Crippen LogP contribution >= 0.6 is 0 Å². The van der Waals surface area contributed by atoms with E-state index in [0.717, 1.165) is 22.6 Å². The van der Waals surface area contributed by atoms with Crippen molar-refractivity contribution in [3.05, 3.63) is 60.3 Å². The van der Waals surface area contributed by atoms with Crippen LogP contribution in [0.5, 0.6) is 0 Å². The minimum Gasteiger partial charge on any atom is -0.369 e. The van der Waals surface area contributed by atoms with Gasteiger partial charge >= 0.3 is 0 Å². The molecule has 10 heteroatoms. The number of rotatable bonds is 4. The van der Waals surface area contributed by atoms with Crippen LogP contribution in [0.2, 0.25) is 0 Å². The molecule has 3 aromatic rings. The Morgan fingerprint density at radius 3 is 2.24 bits per heavy atom. The molecule has 0 unspecified atom stereocenters. The molecule has 3 heterocycles. The average Bonchev–Trinajstić information content (AvgIpc) is 3.14. The Bertz CT molecular complexity index is 1100. The fourth-order valence-electron chi connectivity index (χ4n) is 3.29. The molecule has 2 aromatic heterocycles. The second kappa shape index (κ2) is 7.51. The van der Waals surface area contributed by atoms with Crippen molar-refractivity contribution < 1.29 is 21.6 Å². The second-order valence-corrected chi connectivity index (χ2v) is 8.98. The van der Waals surface area contributed by atoms with E-state index in [1.165, 1.54) is 12.3 Å². The Labute approximate surface area is 165 Å². The van der Waals surface area contributed by atoms with Crippen LogP contribution in [0.15, 0.2) is 48.8 Å². The van der Waals surface area contributed by atoms with E-state index in [0.29, 0.717) is 18.7 Å². The van der Waals surface area contributed by atoms with Crippen LogP contribution < -0.4 is 4.90 Å². The first kappa shape index (κ1) is 19.4. The van der Waals surface area contributed by atoms with Crippen molar-refractivity contribution in [2.75, 3.05) is 29.5 Å². The molecule has 1 aromatic carbocycles. The number of benzene rings is 1. The van der Waals surface area contributed by atoms with Gasteiger partial charge in [0.05, 0.1) is 23.9 Å². The quantitative estimate of drug-likeness (QED) is 0.646. The lowest BCUT2D eigenvalue weighted by atomic mass is 10.1. The molecule has 0 aliphatic carbocycles. The van der Waals surface area contributed by atoms with Crippen LogP contribution in [-0.2, 0) is 9.84 Å². The highest BCUT2D eigenvalue weighted by atomic mass is 32.2. The predicted octanol–water partition coefficient (Wildman–Crippen LogP) is 3.25. The van der Waals surface area contributed by atoms with Gasteiger partial charge in [-0.1, -0.05) is 12.1 Å². The van der Waals surface area contributed by atoms with E-state index in [9.17, 15) is 21.6 Å². The third kappa shape index (κ3) is 3.98. The average molecular weight is 422 g/mol. The number of anilines is 1. The molecule has 0 bridgehead atoms. The molecule has 0 radical (unpaired) electrons. The van der Waals surface area contributed by atoms with Gasteiger partial charge in [-0.2, -0.15) is 5.10 Å². The van der Waals surface area contributed by atoms with Gasteiger partial charge in [0.1, 0.15) is 11.5 Å². The van der Waals surface area contributed by atoms with Gasteiger partial charge in [0.25, 0.3) is 6.43 Å². The van der Waals surface area contributed by atoms with Gasteiger partial charge in [-0.15, -0.1) is 0 Å². The van der Waals surface area contributed by atoms with Gasteiger partial charge in [0.2, 0.25) is 0 Å². The van der Waals surface area contributed by atoms with Gasteiger partial charge in [0, 0.05) is 24.3 Å². The number of sulfone groups is 1. The summed E-state index contributed by atoms with van der Waals surface area (Å²) in [7, 11) is -2.98. The van der Waals surface area contributed by atoms with Crippen molar-refractivity contribution in [2.24, 2.45) is 0 Å². The van der Waals surface area contributed by atoms with E-state index < -0.39 is 22.1 Å². The Kier molecular flexibility index (Phi) is 5.03. The minimum absolute atomic E-state index is 0.0964. The third-order valence-corrected chi connectivity index (χ3v) is 6.44. The zero-order valence-electron chi connectivity index (χ0n) is 15.2. The molecule has 0 N–H and O–H groups in total. The van der Waals surface area contributed by atoms with Crippen LogP contribution in [0, 0.1) is 5.82 Å². The molecule has 1 aliphatic heterocycles. The number of aromatic nitrogens is 3. The van der Waals surface area contributed by atoms with Crippen molar-refractivity contribution in [3.63, 3.8) is 0 Å². The largest absolute Gasteiger partial charge is 0.369 e. The molecule has 4 rings (SSSR count). The maximum atomic E-state index is 13.8. The standard InChI is InChI=1S/C19H17F3N4O2S/c20-14-3-6-17(23-11-14)26-18(19(21)22)16(12-24-26)13-1-4-15(5-2-13)25-7-9-29(27,28)10-8-25/h1-6,11-12,19H,7-10H2. The Hall–Kier alpha value is -2.88. The van der Waals surface area contributed by atoms with Gasteiger partial charge < -0.3 is 4.90 Å². The second-order valence-electron chi connectivity index (χ2n) is 6.68. The van der Waals surface area contributed by atoms with E-state index in [4.69, 9.17) is 0 Å². The fourth-order valence-corrected chi connectivity index (χ4v) is 4.49. The van der Waals surface area contributed by atoms with Crippen molar-refractivity contribution in [1.82, 2.24) is 14.8 Å². The van der Waals surface area contributed by atoms with Crippen LogP contribution in [-0.4, -0.2) is 47.8 Å². The van der Waals surface area contributed by atoms with Crippen LogP contribution in [0.1, 0.15) is 12.1 Å². The summed E-state index contributed by atoms with van der Waals surface area (Å²) in [6.45, 7) is 0.802. The van der Waals surface area contributed by atoms with Crippen molar-refractivity contribution >= 4 is 15.5 Å². The van der Waals surface area contributed by atoms with Gasteiger partial charge in [-0.05, 0) is 29.8 Å². The summed E-state index contributed by atoms with van der Waals surface area (Å²) in [6, 6.07) is 9.36. The first-order chi connectivity index (χ1) is 13.8. The number of nitrogens with zero attached hydrogens (tertiary/aromatic N) is 4. The van der Waals surface area contributed by atoms with Gasteiger partial charge in [0.15, 0.2) is 15.7 Å². The molecule has 6 nitrogen and oxygen atoms in total. The zero-order chi connectivity index (χ0) is 20.6. The highest BCUT2D eigenvalue weighted by Crippen LogP contribution is 2.33. The molecule has 152 valence electrons. The first-order valence-electron chi connectivity index (χ1n) is 8.88. The molecule has 1 saturated heterocycles. The van der Waals surface area contributed by atoms with E-state index >= 15 is 0 Å². The van der Waals surface area contributed by atoms with Crippen molar-refractivity contribution in [3.8, 4) is 16.9 Å². The number of pyridine rings is 1. The maximum Gasteiger partial charge on any atom is 0.281 e. The highest BCUT2D eigenvalue weighted by Gasteiger charge is 2.24. The highest BCUT2D eigenvalue weighted by molar-refractivity contribution is 7.91. The summed E-state index contributed by atoms with van der Waals surface area (Å²) < 4.78 is 64.8. The number of halogens is 3. The monoisotopic (exact) mass is 422 g/mol. The lowest BCUT2D eigenvalue weighted by molar-refractivity contribution is 0.143. The lowest BCUT2D eigenvalue weighted by Gasteiger charge is -2.28. The number of hydrogen-bond acceptors (Lipinski definition) is 5. The summed E-state index contributed by atoms with van der Waals surface area (Å²) in [6.07, 6.45) is -0.541. The van der Waals surface area contributed by atoms with Crippen LogP contribution in [0.25, 0.3) is 16.9 Å². The van der Waals surface area contributed by atoms with E-state index in [1.807, 2.05) is 4.90 Å². The molecule has 0 spiro atoms. The summed E-state index contributed by atoms with van der Waals surface area (Å²) in [4.78, 5) is 5.77. The molecule has 0 saturated carbocycles. The summed E-state index contributed by atoms with van der Waals surface area (Å²) in [5, 5.41) is 4.02. The SMILES string of the molecule is O=S1(=O)CCN(c2ccc(-c3cnn(-c4ccc(F)cn4)c3C(F)F)cc2)CC1. The summed E-state index contributed by atoms with van der Waals surface area (Å²) in [5.74, 6) is -0.274. The predicted molar refractivity (Wildman–Crippen MR) is 103 cm³/mol. The van der Waals surface area contributed by atoms with Crippen LogP contribution in [0.4, 0.5) is 18.9 Å². The molecular formula is C19H17F3N4O2S. The molecule has 29 heavy (non-hydrogen) atoms.